The molecule has 3 aromatic rings. The highest BCUT2D eigenvalue weighted by molar-refractivity contribution is 6.07. The van der Waals surface area contributed by atoms with E-state index >= 15 is 0 Å². The minimum Gasteiger partial charge on any atom is -0.497 e. The van der Waals surface area contributed by atoms with Gasteiger partial charge in [-0.2, -0.15) is 5.10 Å². The third kappa shape index (κ3) is 5.46. The molecule has 0 bridgehead atoms. The zero-order valence-corrected chi connectivity index (χ0v) is 20.1. The lowest BCUT2D eigenvalue weighted by Crippen LogP contribution is -2.34. The monoisotopic (exact) mass is 510 g/mol. The number of carbonyl (C=O) groups is 1. The van der Waals surface area contributed by atoms with E-state index in [-0.39, 0.29) is 30.8 Å². The fraction of sp³-hybridized carbons (Fsp3) is 0.286. The maximum absolute atomic E-state index is 13.3. The molecule has 0 spiro atoms. The molecule has 37 heavy (non-hydrogen) atoms. The Morgan fingerprint density at radius 3 is 2.46 bits per heavy atom. The van der Waals surface area contributed by atoms with Crippen LogP contribution in [0.4, 0.5) is 13.2 Å². The van der Waals surface area contributed by atoms with Gasteiger partial charge in [0.15, 0.2) is 0 Å². The largest absolute Gasteiger partial charge is 0.573 e. The highest BCUT2D eigenvalue weighted by Crippen LogP contribution is 2.44. The summed E-state index contributed by atoms with van der Waals surface area (Å²) in [5.74, 6) is -0.101. The van der Waals surface area contributed by atoms with Crippen LogP contribution in [-0.2, 0) is 22.6 Å². The van der Waals surface area contributed by atoms with Crippen LogP contribution in [-0.4, -0.2) is 36.7 Å². The molecular formula is C28H25F3N2O4. The molecule has 1 aliphatic heterocycles. The molecule has 1 aliphatic carbocycles. The van der Waals surface area contributed by atoms with E-state index in [4.69, 9.17) is 14.6 Å². The molecule has 0 N–H and O–H groups in total. The summed E-state index contributed by atoms with van der Waals surface area (Å²) >= 11 is 0. The number of hydrogen-bond acceptors (Lipinski definition) is 5. The van der Waals surface area contributed by atoms with Crippen molar-refractivity contribution in [1.82, 2.24) is 5.01 Å². The molecule has 5 rings (SSSR count). The number of hydrogen-bond donors (Lipinski definition) is 0. The number of ether oxygens (including phenoxy) is 3. The van der Waals surface area contributed by atoms with E-state index in [1.54, 1.807) is 19.2 Å². The highest BCUT2D eigenvalue weighted by Gasteiger charge is 2.44. The molecule has 0 saturated heterocycles. The Morgan fingerprint density at radius 2 is 1.76 bits per heavy atom. The van der Waals surface area contributed by atoms with Crippen LogP contribution in [0, 0.1) is 5.92 Å². The number of amides is 1. The van der Waals surface area contributed by atoms with Crippen LogP contribution in [0.5, 0.6) is 11.5 Å². The van der Waals surface area contributed by atoms with Gasteiger partial charge in [0.1, 0.15) is 18.1 Å². The second kappa shape index (κ2) is 10.3. The lowest BCUT2D eigenvalue weighted by Gasteiger charge is -2.30. The van der Waals surface area contributed by atoms with Gasteiger partial charge in [0.25, 0.3) is 5.91 Å². The summed E-state index contributed by atoms with van der Waals surface area (Å²) in [7, 11) is 1.59. The van der Waals surface area contributed by atoms with Crippen LogP contribution >= 0.6 is 0 Å². The molecule has 1 amide bonds. The quantitative estimate of drug-likeness (QED) is 0.412. The predicted octanol–water partition coefficient (Wildman–Crippen LogP) is 5.66. The Hall–Kier alpha value is -3.85. The first-order valence-electron chi connectivity index (χ1n) is 11.9. The number of methoxy groups -OCH3 is 1. The number of rotatable bonds is 7. The Kier molecular flexibility index (Phi) is 6.88. The number of hydrazone groups is 1. The summed E-state index contributed by atoms with van der Waals surface area (Å²) in [6.07, 6.45) is -3.27. The molecule has 6 nitrogen and oxygen atoms in total. The fourth-order valence-electron chi connectivity index (χ4n) is 4.92. The Morgan fingerprint density at radius 1 is 1.03 bits per heavy atom. The van der Waals surface area contributed by atoms with Crippen LogP contribution < -0.4 is 9.47 Å². The molecule has 192 valence electrons. The maximum atomic E-state index is 13.3. The van der Waals surface area contributed by atoms with Gasteiger partial charge < -0.3 is 14.2 Å². The fourth-order valence-corrected chi connectivity index (χ4v) is 4.92. The smallest absolute Gasteiger partial charge is 0.497 e. The minimum atomic E-state index is -4.78. The number of carbonyl (C=O) groups excluding carboxylic acids is 1. The Labute approximate surface area is 212 Å². The van der Waals surface area contributed by atoms with Crippen LogP contribution in [0.2, 0.25) is 0 Å². The van der Waals surface area contributed by atoms with Crippen molar-refractivity contribution in [3.05, 3.63) is 95.1 Å². The SMILES string of the molecule is COc1ccc2c(c1)C1=NN(C(=O)COCc3ccccc3)[C@@H](c3ccc(OC(F)(F)F)cc3)[C@H]1CC2. The zero-order chi connectivity index (χ0) is 26.0. The van der Waals surface area contributed by atoms with Gasteiger partial charge in [0, 0.05) is 11.5 Å². The number of halogens is 3. The van der Waals surface area contributed by atoms with Gasteiger partial charge in [-0.3, -0.25) is 4.79 Å². The summed E-state index contributed by atoms with van der Waals surface area (Å²) in [4.78, 5) is 13.3. The first-order chi connectivity index (χ1) is 17.8. The van der Waals surface area contributed by atoms with E-state index in [0.29, 0.717) is 11.3 Å². The van der Waals surface area contributed by atoms with Crippen molar-refractivity contribution in [2.24, 2.45) is 11.0 Å². The summed E-state index contributed by atoms with van der Waals surface area (Å²) in [6, 6.07) is 20.5. The lowest BCUT2D eigenvalue weighted by atomic mass is 9.77. The van der Waals surface area contributed by atoms with E-state index in [9.17, 15) is 18.0 Å². The standard InChI is InChI=1S/C28H25F3N2O4/c1-35-22-13-7-19-10-14-23-26(24(19)15-22)32-33(25(34)17-36-16-18-5-3-2-4-6-18)27(23)20-8-11-21(12-9-20)37-28(29,30)31/h2-9,11-13,15,23,27H,10,14,16-17H2,1H3/t23-,27-/m0/s1. The second-order valence-electron chi connectivity index (χ2n) is 8.93. The lowest BCUT2D eigenvalue weighted by molar-refractivity contribution is -0.274. The van der Waals surface area contributed by atoms with E-state index in [0.717, 1.165) is 35.2 Å². The molecule has 1 heterocycles. The molecule has 0 unspecified atom stereocenters. The van der Waals surface area contributed by atoms with Gasteiger partial charge in [-0.15, -0.1) is 13.2 Å². The number of fused-ring (bicyclic) bond motifs is 3. The third-order valence-corrected chi connectivity index (χ3v) is 6.58. The summed E-state index contributed by atoms with van der Waals surface area (Å²) < 4.78 is 53.1. The van der Waals surface area contributed by atoms with Crippen molar-refractivity contribution in [2.45, 2.75) is 31.9 Å². The summed E-state index contributed by atoms with van der Waals surface area (Å²) in [5.41, 5.74) is 4.39. The maximum Gasteiger partial charge on any atom is 0.573 e. The van der Waals surface area contributed by atoms with E-state index < -0.39 is 12.4 Å². The highest BCUT2D eigenvalue weighted by atomic mass is 19.4. The predicted molar refractivity (Wildman–Crippen MR) is 130 cm³/mol. The molecule has 2 aliphatic rings. The van der Waals surface area contributed by atoms with Gasteiger partial charge in [-0.1, -0.05) is 48.5 Å². The molecular weight excluding hydrogens is 485 g/mol. The molecule has 9 heteroatoms. The van der Waals surface area contributed by atoms with Crippen molar-refractivity contribution >= 4 is 11.6 Å². The van der Waals surface area contributed by atoms with Gasteiger partial charge in [-0.25, -0.2) is 5.01 Å². The van der Waals surface area contributed by atoms with Crippen LogP contribution in [0.3, 0.4) is 0 Å². The van der Waals surface area contributed by atoms with Gasteiger partial charge >= 0.3 is 6.36 Å². The molecule has 0 saturated carbocycles. The average Bonchev–Trinajstić information content (AvgIpc) is 3.29. The topological polar surface area (TPSA) is 60.4 Å². The van der Waals surface area contributed by atoms with E-state index in [1.165, 1.54) is 17.1 Å². The molecule has 0 fully saturated rings. The van der Waals surface area contributed by atoms with E-state index in [1.807, 2.05) is 48.5 Å². The Balaban J connectivity index is 1.43. The summed E-state index contributed by atoms with van der Waals surface area (Å²) in [5, 5.41) is 6.16. The first kappa shape index (κ1) is 24.8. The van der Waals surface area contributed by atoms with Crippen molar-refractivity contribution in [2.75, 3.05) is 13.7 Å². The van der Waals surface area contributed by atoms with E-state index in [2.05, 4.69) is 4.74 Å². The van der Waals surface area contributed by atoms with Crippen molar-refractivity contribution in [1.29, 1.82) is 0 Å². The van der Waals surface area contributed by atoms with Crippen LogP contribution in [0.25, 0.3) is 0 Å². The number of nitrogens with zero attached hydrogens (tertiary/aromatic N) is 2. The Bertz CT molecular complexity index is 1290. The molecule has 0 aromatic heterocycles. The molecule has 3 aromatic carbocycles. The number of aryl methyl sites for hydroxylation is 1. The van der Waals surface area contributed by atoms with Crippen molar-refractivity contribution < 1.29 is 32.2 Å². The second-order valence-corrected chi connectivity index (χ2v) is 8.93. The third-order valence-electron chi connectivity index (χ3n) is 6.58. The number of alkyl halides is 3. The van der Waals surface area contributed by atoms with Crippen molar-refractivity contribution in [3.63, 3.8) is 0 Å². The van der Waals surface area contributed by atoms with Gasteiger partial charge in [0.05, 0.1) is 25.5 Å². The average molecular weight is 511 g/mol. The zero-order valence-electron chi connectivity index (χ0n) is 20.1. The number of benzene rings is 3. The van der Waals surface area contributed by atoms with Crippen molar-refractivity contribution in [3.8, 4) is 11.5 Å². The first-order valence-corrected chi connectivity index (χ1v) is 11.9. The van der Waals surface area contributed by atoms with Gasteiger partial charge in [-0.05, 0) is 53.8 Å². The molecule has 2 atom stereocenters. The summed E-state index contributed by atoms with van der Waals surface area (Å²) in [6.45, 7) is 0.0870. The van der Waals surface area contributed by atoms with Crippen LogP contribution in [0.15, 0.2) is 77.9 Å². The minimum absolute atomic E-state index is 0.132. The van der Waals surface area contributed by atoms with Crippen LogP contribution in [0.1, 0.15) is 34.7 Å². The van der Waals surface area contributed by atoms with Gasteiger partial charge in [0.2, 0.25) is 0 Å². The normalized spacial score (nSPS) is 18.6. The molecule has 0 radical (unpaired) electrons.